The number of thioether (sulfide) groups is 1. The van der Waals surface area contributed by atoms with E-state index in [0.717, 1.165) is 22.8 Å². The number of nitrogen functional groups attached to an aromatic ring is 1. The number of benzene rings is 2. The lowest BCUT2D eigenvalue weighted by Gasteiger charge is -2.04. The maximum absolute atomic E-state index is 10.9. The molecule has 3 nitrogen and oxygen atoms in total. The van der Waals surface area contributed by atoms with Gasteiger partial charge >= 0.3 is 5.97 Å². The topological polar surface area (TPSA) is 63.3 Å². The first-order valence-corrected chi connectivity index (χ1v) is 7.05. The average Bonchev–Trinajstić information content (AvgIpc) is 2.41. The van der Waals surface area contributed by atoms with Gasteiger partial charge in [0.25, 0.3) is 0 Å². The fourth-order valence-corrected chi connectivity index (χ4v) is 2.64. The van der Waals surface area contributed by atoms with Crippen LogP contribution in [0.5, 0.6) is 0 Å². The van der Waals surface area contributed by atoms with Gasteiger partial charge in [-0.3, -0.25) is 0 Å². The Morgan fingerprint density at radius 2 is 1.74 bits per heavy atom. The van der Waals surface area contributed by atoms with Crippen LogP contribution in [-0.4, -0.2) is 11.1 Å². The molecule has 2 rings (SSSR count). The molecule has 0 heterocycles. The van der Waals surface area contributed by atoms with Crippen LogP contribution in [0.1, 0.15) is 21.5 Å². The van der Waals surface area contributed by atoms with Crippen molar-refractivity contribution in [2.75, 3.05) is 5.73 Å². The molecule has 4 heteroatoms. The first-order chi connectivity index (χ1) is 9.15. The van der Waals surface area contributed by atoms with Gasteiger partial charge in [0.1, 0.15) is 0 Å². The minimum absolute atomic E-state index is 0.339. The van der Waals surface area contributed by atoms with Gasteiger partial charge in [-0.2, -0.15) is 11.8 Å². The first-order valence-electron chi connectivity index (χ1n) is 5.89. The van der Waals surface area contributed by atoms with E-state index in [4.69, 9.17) is 10.8 Å². The number of carboxylic acid groups (broad SMARTS) is 1. The van der Waals surface area contributed by atoms with Gasteiger partial charge in [-0.15, -0.1) is 0 Å². The first kappa shape index (κ1) is 13.5. The van der Waals surface area contributed by atoms with Gasteiger partial charge in [-0.25, -0.2) is 4.79 Å². The molecule has 19 heavy (non-hydrogen) atoms. The molecule has 0 fully saturated rings. The number of hydrogen-bond acceptors (Lipinski definition) is 3. The number of hydrogen-bond donors (Lipinski definition) is 2. The molecule has 0 spiro atoms. The molecule has 2 aromatic carbocycles. The number of aromatic carboxylic acids is 1. The van der Waals surface area contributed by atoms with Crippen LogP contribution in [0, 0.1) is 0 Å². The summed E-state index contributed by atoms with van der Waals surface area (Å²) in [5.41, 5.74) is 8.98. The third-order valence-electron chi connectivity index (χ3n) is 2.69. The van der Waals surface area contributed by atoms with Crippen molar-refractivity contribution in [2.24, 2.45) is 0 Å². The lowest BCUT2D eigenvalue weighted by molar-refractivity contribution is 0.0697. The molecule has 0 aliphatic rings. The van der Waals surface area contributed by atoms with Crippen molar-refractivity contribution in [2.45, 2.75) is 11.5 Å². The van der Waals surface area contributed by atoms with Crippen LogP contribution < -0.4 is 5.73 Å². The fourth-order valence-electron chi connectivity index (χ4n) is 1.69. The molecule has 0 bridgehead atoms. The molecule has 0 amide bonds. The van der Waals surface area contributed by atoms with Crippen LogP contribution in [-0.2, 0) is 11.5 Å². The zero-order valence-electron chi connectivity index (χ0n) is 10.4. The molecule has 0 aliphatic heterocycles. The number of nitrogens with two attached hydrogens (primary N) is 1. The Labute approximate surface area is 116 Å². The summed E-state index contributed by atoms with van der Waals surface area (Å²) in [5, 5.41) is 8.92. The van der Waals surface area contributed by atoms with E-state index in [9.17, 15) is 4.79 Å². The Hall–Kier alpha value is -1.94. The molecule has 0 aliphatic carbocycles. The van der Waals surface area contributed by atoms with Crippen LogP contribution in [0.2, 0.25) is 0 Å². The molecule has 0 saturated heterocycles. The van der Waals surface area contributed by atoms with Crippen LogP contribution in [0.4, 0.5) is 5.69 Å². The molecule has 0 saturated carbocycles. The largest absolute Gasteiger partial charge is 0.478 e. The monoisotopic (exact) mass is 273 g/mol. The molecule has 0 unspecified atom stereocenters. The summed E-state index contributed by atoms with van der Waals surface area (Å²) in [7, 11) is 0. The summed E-state index contributed by atoms with van der Waals surface area (Å²) < 4.78 is 0. The minimum atomic E-state index is -0.884. The Kier molecular flexibility index (Phi) is 4.47. The van der Waals surface area contributed by atoms with Crippen LogP contribution >= 0.6 is 11.8 Å². The number of carbonyl (C=O) groups is 1. The van der Waals surface area contributed by atoms with Crippen LogP contribution in [0.3, 0.4) is 0 Å². The maximum Gasteiger partial charge on any atom is 0.335 e. The van der Waals surface area contributed by atoms with E-state index < -0.39 is 5.97 Å². The van der Waals surface area contributed by atoms with Crippen molar-refractivity contribution in [1.29, 1.82) is 0 Å². The van der Waals surface area contributed by atoms with Gasteiger partial charge in [0, 0.05) is 17.2 Å². The van der Waals surface area contributed by atoms with Crippen molar-refractivity contribution >= 4 is 23.4 Å². The summed E-state index contributed by atoms with van der Waals surface area (Å²) in [4.78, 5) is 10.9. The summed E-state index contributed by atoms with van der Waals surface area (Å²) in [5.74, 6) is 0.800. The third kappa shape index (κ3) is 4.03. The standard InChI is InChI=1S/C15H15NO2S/c16-14-6-4-11(5-7-14)9-19-10-12-2-1-3-13(8-12)15(17)18/h1-8H,9-10,16H2,(H,17,18). The SMILES string of the molecule is Nc1ccc(CSCc2cccc(C(=O)O)c2)cc1. The second-order valence-corrected chi connectivity index (χ2v) is 5.23. The Bertz CT molecular complexity index is 567. The van der Waals surface area contributed by atoms with E-state index in [-0.39, 0.29) is 0 Å². The van der Waals surface area contributed by atoms with Crippen molar-refractivity contribution in [1.82, 2.24) is 0 Å². The summed E-state index contributed by atoms with van der Waals surface area (Å²) >= 11 is 1.75. The number of rotatable bonds is 5. The molecule has 98 valence electrons. The van der Waals surface area contributed by atoms with Gasteiger partial charge in [-0.05, 0) is 35.4 Å². The molecule has 0 aromatic heterocycles. The molecular weight excluding hydrogens is 258 g/mol. The second-order valence-electron chi connectivity index (χ2n) is 4.24. The van der Waals surface area contributed by atoms with Crippen molar-refractivity contribution in [3.8, 4) is 0 Å². The summed E-state index contributed by atoms with van der Waals surface area (Å²) in [6.07, 6.45) is 0. The van der Waals surface area contributed by atoms with Crippen LogP contribution in [0.15, 0.2) is 48.5 Å². The van der Waals surface area contributed by atoms with Crippen molar-refractivity contribution in [3.05, 3.63) is 65.2 Å². The summed E-state index contributed by atoms with van der Waals surface area (Å²) in [6.45, 7) is 0. The van der Waals surface area contributed by atoms with Crippen molar-refractivity contribution in [3.63, 3.8) is 0 Å². The van der Waals surface area contributed by atoms with Gasteiger partial charge in [-0.1, -0.05) is 24.3 Å². The highest BCUT2D eigenvalue weighted by atomic mass is 32.2. The third-order valence-corrected chi connectivity index (χ3v) is 3.77. The van der Waals surface area contributed by atoms with E-state index in [1.807, 2.05) is 30.3 Å². The number of anilines is 1. The zero-order valence-corrected chi connectivity index (χ0v) is 11.2. The zero-order chi connectivity index (χ0) is 13.7. The van der Waals surface area contributed by atoms with E-state index in [1.54, 1.807) is 30.0 Å². The highest BCUT2D eigenvalue weighted by molar-refractivity contribution is 7.97. The van der Waals surface area contributed by atoms with Gasteiger partial charge in [0.05, 0.1) is 5.56 Å². The molecular formula is C15H15NO2S. The minimum Gasteiger partial charge on any atom is -0.478 e. The smallest absolute Gasteiger partial charge is 0.335 e. The van der Waals surface area contributed by atoms with Gasteiger partial charge in [0.15, 0.2) is 0 Å². The second kappa shape index (κ2) is 6.29. The Balaban J connectivity index is 1.90. The Morgan fingerprint density at radius 3 is 2.42 bits per heavy atom. The van der Waals surface area contributed by atoms with E-state index in [2.05, 4.69) is 0 Å². The molecule has 0 radical (unpaired) electrons. The lowest BCUT2D eigenvalue weighted by Crippen LogP contribution is -1.96. The normalized spacial score (nSPS) is 10.3. The fraction of sp³-hybridized carbons (Fsp3) is 0.133. The van der Waals surface area contributed by atoms with Gasteiger partial charge < -0.3 is 10.8 Å². The molecule has 3 N–H and O–H groups in total. The molecule has 0 atom stereocenters. The summed E-state index contributed by atoms with van der Waals surface area (Å²) in [6, 6.07) is 14.9. The average molecular weight is 273 g/mol. The molecule has 2 aromatic rings. The quantitative estimate of drug-likeness (QED) is 0.819. The van der Waals surface area contributed by atoms with E-state index >= 15 is 0 Å². The maximum atomic E-state index is 10.9. The van der Waals surface area contributed by atoms with Crippen LogP contribution in [0.25, 0.3) is 0 Å². The lowest BCUT2D eigenvalue weighted by atomic mass is 10.1. The Morgan fingerprint density at radius 1 is 1.05 bits per heavy atom. The van der Waals surface area contributed by atoms with Gasteiger partial charge in [0.2, 0.25) is 0 Å². The predicted octanol–water partition coefficient (Wildman–Crippen LogP) is 3.40. The van der Waals surface area contributed by atoms with E-state index in [0.29, 0.717) is 5.56 Å². The predicted molar refractivity (Wildman–Crippen MR) is 79.3 cm³/mol. The highest BCUT2D eigenvalue weighted by Gasteiger charge is 2.03. The highest BCUT2D eigenvalue weighted by Crippen LogP contribution is 2.19. The van der Waals surface area contributed by atoms with Crippen molar-refractivity contribution < 1.29 is 9.90 Å². The van der Waals surface area contributed by atoms with E-state index in [1.165, 1.54) is 5.56 Å². The number of carboxylic acids is 1.